The second kappa shape index (κ2) is 7.36. The lowest BCUT2D eigenvalue weighted by Gasteiger charge is -2.45. The lowest BCUT2D eigenvalue weighted by Crippen LogP contribution is -3.00. The number of halogens is 2. The van der Waals surface area contributed by atoms with Crippen molar-refractivity contribution in [3.05, 3.63) is 11.8 Å². The number of hydrogen-bond donors (Lipinski definition) is 2. The second-order valence-electron chi connectivity index (χ2n) is 5.57. The minimum absolute atomic E-state index is 0. The zero-order valence-corrected chi connectivity index (χ0v) is 15.1. The number of aliphatic carboxylic acids is 1. The average molecular weight is 410 g/mol. The monoisotopic (exact) mass is 408 g/mol. The summed E-state index contributed by atoms with van der Waals surface area (Å²) in [6.45, 7) is 0. The van der Waals surface area contributed by atoms with Gasteiger partial charge >= 0.3 is 5.97 Å². The number of β-lactam (4-membered cyclic amide) rings is 1. The maximum atomic E-state index is 12.3. The highest BCUT2D eigenvalue weighted by atomic mass is 79.9. The van der Waals surface area contributed by atoms with Gasteiger partial charge in [-0.1, -0.05) is 6.42 Å². The van der Waals surface area contributed by atoms with Crippen molar-refractivity contribution in [1.29, 1.82) is 0 Å². The van der Waals surface area contributed by atoms with E-state index in [0.29, 0.717) is 5.88 Å². The van der Waals surface area contributed by atoms with Crippen molar-refractivity contribution in [3.8, 4) is 0 Å². The number of alkyl halides is 1. The molecule has 0 aromatic carbocycles. The lowest BCUT2D eigenvalue weighted by molar-refractivity contribution is -0.505. The Bertz CT molecular complexity index is 532. The standard InChI is InChI=1S/C14H17ClN2O3S.BrH/c15-7-9-6-10(14(19)20)17-12(18)11(13(17)21-9)16-8-4-2-1-3-5-8;/h6,9,11,13H,1-5,7H2,(H,19,20);1H/t9?,11-,13-;/m1./s1. The summed E-state index contributed by atoms with van der Waals surface area (Å²) in [4.78, 5) is 28.3. The van der Waals surface area contributed by atoms with Crippen LogP contribution in [0.1, 0.15) is 32.1 Å². The van der Waals surface area contributed by atoms with Crippen LogP contribution in [0.2, 0.25) is 0 Å². The summed E-state index contributed by atoms with van der Waals surface area (Å²) in [5.74, 6) is -0.858. The SMILES string of the molecule is O=C(O)C1=CC(CCl)S[C@@H]2[C@H]([NH+]=C3CCCCC3)C(=O)N12.[Br-]. The van der Waals surface area contributed by atoms with E-state index >= 15 is 0 Å². The van der Waals surface area contributed by atoms with Gasteiger partial charge in [-0.25, -0.2) is 9.79 Å². The molecule has 22 heavy (non-hydrogen) atoms. The van der Waals surface area contributed by atoms with Gasteiger partial charge in [0.15, 0.2) is 11.1 Å². The third-order valence-electron chi connectivity index (χ3n) is 4.15. The van der Waals surface area contributed by atoms with E-state index in [0.717, 1.165) is 25.7 Å². The van der Waals surface area contributed by atoms with Crippen LogP contribution in [0.25, 0.3) is 0 Å². The summed E-state index contributed by atoms with van der Waals surface area (Å²) < 4.78 is 0. The highest BCUT2D eigenvalue weighted by Gasteiger charge is 2.57. The van der Waals surface area contributed by atoms with E-state index in [1.807, 2.05) is 0 Å². The maximum Gasteiger partial charge on any atom is 0.352 e. The van der Waals surface area contributed by atoms with Crippen LogP contribution in [-0.4, -0.2) is 50.1 Å². The highest BCUT2D eigenvalue weighted by molar-refractivity contribution is 8.01. The number of nitrogens with zero attached hydrogens (tertiary/aromatic N) is 1. The predicted octanol–water partition coefficient (Wildman–Crippen LogP) is -2.66. The molecule has 8 heteroatoms. The molecule has 2 fully saturated rings. The number of rotatable bonds is 3. The molecule has 1 aliphatic carbocycles. The fourth-order valence-corrected chi connectivity index (χ4v) is 4.69. The van der Waals surface area contributed by atoms with Gasteiger partial charge in [0.05, 0.1) is 0 Å². The molecule has 0 radical (unpaired) electrons. The van der Waals surface area contributed by atoms with Crippen LogP contribution < -0.4 is 22.0 Å². The Hall–Kier alpha value is -0.530. The summed E-state index contributed by atoms with van der Waals surface area (Å²) >= 11 is 7.44. The molecule has 2 heterocycles. The van der Waals surface area contributed by atoms with Crippen molar-refractivity contribution >= 4 is 41.0 Å². The topological polar surface area (TPSA) is 71.6 Å². The lowest BCUT2D eigenvalue weighted by atomic mass is 9.97. The molecule has 0 spiro atoms. The molecule has 1 amide bonds. The molecular weight excluding hydrogens is 392 g/mol. The van der Waals surface area contributed by atoms with Gasteiger partial charge in [0.25, 0.3) is 11.9 Å². The third-order valence-corrected chi connectivity index (χ3v) is 6.08. The number of hydrogen-bond acceptors (Lipinski definition) is 3. The van der Waals surface area contributed by atoms with E-state index in [-0.39, 0.29) is 45.3 Å². The van der Waals surface area contributed by atoms with E-state index in [2.05, 4.69) is 4.99 Å². The Morgan fingerprint density at radius 2 is 2.09 bits per heavy atom. The number of carboxylic acids is 1. The maximum absolute atomic E-state index is 12.3. The summed E-state index contributed by atoms with van der Waals surface area (Å²) in [5, 5.41) is 9.04. The van der Waals surface area contributed by atoms with Gasteiger partial charge in [-0.2, -0.15) is 0 Å². The Balaban J connectivity index is 0.00000176. The van der Waals surface area contributed by atoms with Crippen LogP contribution in [0.4, 0.5) is 0 Å². The molecule has 3 atom stereocenters. The molecule has 1 saturated heterocycles. The Morgan fingerprint density at radius 3 is 2.68 bits per heavy atom. The minimum atomic E-state index is -1.06. The van der Waals surface area contributed by atoms with E-state index in [1.54, 1.807) is 17.8 Å². The Kier molecular flexibility index (Phi) is 5.96. The Labute approximate surface area is 148 Å². The largest absolute Gasteiger partial charge is 1.00 e. The number of carboxylic acid groups (broad SMARTS) is 1. The predicted molar refractivity (Wildman–Crippen MR) is 81.3 cm³/mol. The first-order valence-electron chi connectivity index (χ1n) is 7.22. The number of amides is 1. The van der Waals surface area contributed by atoms with Crippen molar-refractivity contribution in [2.45, 2.75) is 48.8 Å². The number of nitrogens with one attached hydrogen (secondary N) is 1. The fourth-order valence-electron chi connectivity index (χ4n) is 3.07. The number of carbonyl (C=O) groups is 2. The molecule has 3 rings (SSSR count). The van der Waals surface area contributed by atoms with Crippen LogP contribution in [-0.2, 0) is 9.59 Å². The van der Waals surface area contributed by atoms with Gasteiger partial charge in [0.2, 0.25) is 0 Å². The highest BCUT2D eigenvalue weighted by Crippen LogP contribution is 2.39. The molecule has 0 aromatic rings. The van der Waals surface area contributed by atoms with Crippen LogP contribution >= 0.6 is 23.4 Å². The molecule has 5 nitrogen and oxygen atoms in total. The molecule has 3 aliphatic rings. The van der Waals surface area contributed by atoms with Crippen LogP contribution in [0.3, 0.4) is 0 Å². The van der Waals surface area contributed by atoms with Gasteiger partial charge in [0.1, 0.15) is 5.70 Å². The summed E-state index contributed by atoms with van der Waals surface area (Å²) in [6, 6.07) is -0.308. The van der Waals surface area contributed by atoms with Gasteiger partial charge in [-0.05, 0) is 18.9 Å². The van der Waals surface area contributed by atoms with E-state index in [1.165, 1.54) is 17.0 Å². The quantitative estimate of drug-likeness (QED) is 0.394. The van der Waals surface area contributed by atoms with Gasteiger partial charge in [0, 0.05) is 24.0 Å². The first kappa shape index (κ1) is 17.8. The third kappa shape index (κ3) is 3.21. The van der Waals surface area contributed by atoms with Crippen molar-refractivity contribution in [2.24, 2.45) is 0 Å². The van der Waals surface area contributed by atoms with Crippen molar-refractivity contribution in [3.63, 3.8) is 0 Å². The van der Waals surface area contributed by atoms with Crippen molar-refractivity contribution in [2.75, 3.05) is 5.88 Å². The first-order chi connectivity index (χ1) is 10.1. The number of thioether (sulfide) groups is 1. The molecular formula is C14H18BrClN2O3S. The zero-order chi connectivity index (χ0) is 15.0. The average Bonchev–Trinajstić information content (AvgIpc) is 2.51. The number of carbonyl (C=O) groups excluding carboxylic acids is 1. The summed E-state index contributed by atoms with van der Waals surface area (Å²) in [6.07, 6.45) is 7.18. The second-order valence-corrected chi connectivity index (χ2v) is 7.24. The van der Waals surface area contributed by atoms with Crippen molar-refractivity contribution in [1.82, 2.24) is 4.90 Å². The summed E-state index contributed by atoms with van der Waals surface area (Å²) in [7, 11) is 0. The molecule has 1 saturated carbocycles. The smallest absolute Gasteiger partial charge is 0.352 e. The van der Waals surface area contributed by atoms with Crippen LogP contribution in [0.5, 0.6) is 0 Å². The first-order valence-corrected chi connectivity index (χ1v) is 8.70. The van der Waals surface area contributed by atoms with Gasteiger partial charge < -0.3 is 22.1 Å². The summed E-state index contributed by atoms with van der Waals surface area (Å²) in [5.41, 5.74) is 1.30. The van der Waals surface area contributed by atoms with Crippen molar-refractivity contribution < 1.29 is 36.7 Å². The zero-order valence-electron chi connectivity index (χ0n) is 11.9. The van der Waals surface area contributed by atoms with E-state index < -0.39 is 5.97 Å². The fraction of sp³-hybridized carbons (Fsp3) is 0.643. The minimum Gasteiger partial charge on any atom is -1.00 e. The Morgan fingerprint density at radius 1 is 1.41 bits per heavy atom. The van der Waals surface area contributed by atoms with E-state index in [4.69, 9.17) is 11.6 Å². The molecule has 1 unspecified atom stereocenters. The normalized spacial score (nSPS) is 30.7. The van der Waals surface area contributed by atoms with Crippen LogP contribution in [0, 0.1) is 0 Å². The molecule has 2 aliphatic heterocycles. The molecule has 122 valence electrons. The molecule has 2 N–H and O–H groups in total. The van der Waals surface area contributed by atoms with E-state index in [9.17, 15) is 14.7 Å². The molecule has 0 bridgehead atoms. The van der Waals surface area contributed by atoms with Crippen LogP contribution in [0.15, 0.2) is 11.8 Å². The number of fused-ring (bicyclic) bond motifs is 1. The molecule has 0 aromatic heterocycles. The van der Waals surface area contributed by atoms with Gasteiger partial charge in [-0.3, -0.25) is 9.69 Å². The van der Waals surface area contributed by atoms with Gasteiger partial charge in [-0.15, -0.1) is 23.4 Å².